The number of piperazine rings is 1. The van der Waals surface area contributed by atoms with Gasteiger partial charge < -0.3 is 25.0 Å². The second-order valence-corrected chi connectivity index (χ2v) is 8.09. The van der Waals surface area contributed by atoms with Crippen molar-refractivity contribution in [3.05, 3.63) is 53.8 Å². The minimum Gasteiger partial charge on any atom is -0.454 e. The van der Waals surface area contributed by atoms with Gasteiger partial charge in [0.1, 0.15) is 5.82 Å². The number of benzene rings is 2. The molecule has 0 aromatic heterocycles. The molecular weight excluding hydrogens is 427 g/mol. The summed E-state index contributed by atoms with van der Waals surface area (Å²) in [6, 6.07) is 12.1. The summed E-state index contributed by atoms with van der Waals surface area (Å²) in [4.78, 5) is 28.8. The van der Waals surface area contributed by atoms with Crippen molar-refractivity contribution in [3.8, 4) is 11.5 Å². The summed E-state index contributed by atoms with van der Waals surface area (Å²) in [5.41, 5.74) is 1.96. The molecule has 2 N–H and O–H groups in total. The zero-order valence-corrected chi connectivity index (χ0v) is 18.7. The van der Waals surface area contributed by atoms with Gasteiger partial charge in [0.2, 0.25) is 6.79 Å². The van der Waals surface area contributed by atoms with Crippen molar-refractivity contribution >= 4 is 17.5 Å². The lowest BCUT2D eigenvalue weighted by atomic mass is 10.0. The van der Waals surface area contributed by atoms with Gasteiger partial charge in [-0.3, -0.25) is 14.5 Å². The molecule has 176 valence electrons. The van der Waals surface area contributed by atoms with Gasteiger partial charge in [-0.1, -0.05) is 13.0 Å². The first kappa shape index (κ1) is 22.8. The van der Waals surface area contributed by atoms with Crippen LogP contribution in [-0.4, -0.2) is 62.8 Å². The third-order valence-electron chi connectivity index (χ3n) is 5.93. The highest BCUT2D eigenvalue weighted by atomic mass is 19.1. The van der Waals surface area contributed by atoms with Crippen LogP contribution in [0.5, 0.6) is 11.5 Å². The number of fused-ring (bicyclic) bond motifs is 1. The molecule has 2 aromatic rings. The van der Waals surface area contributed by atoms with Crippen LogP contribution < -0.4 is 25.0 Å². The molecule has 0 unspecified atom stereocenters. The fraction of sp³-hybridized carbons (Fsp3) is 0.417. The number of nitrogens with one attached hydrogen (secondary N) is 2. The zero-order valence-electron chi connectivity index (χ0n) is 18.7. The molecule has 1 atom stereocenters. The molecule has 4 rings (SSSR count). The third-order valence-corrected chi connectivity index (χ3v) is 5.93. The quantitative estimate of drug-likeness (QED) is 0.621. The molecule has 2 aromatic carbocycles. The maximum Gasteiger partial charge on any atom is 0.309 e. The number of halogens is 1. The Balaban J connectivity index is 1.45. The van der Waals surface area contributed by atoms with Gasteiger partial charge in [-0.15, -0.1) is 0 Å². The number of ether oxygens (including phenoxy) is 2. The van der Waals surface area contributed by atoms with Gasteiger partial charge >= 0.3 is 11.8 Å². The molecule has 8 nitrogen and oxygen atoms in total. The van der Waals surface area contributed by atoms with Gasteiger partial charge in [0.05, 0.1) is 6.04 Å². The van der Waals surface area contributed by atoms with Gasteiger partial charge in [-0.25, -0.2) is 4.39 Å². The summed E-state index contributed by atoms with van der Waals surface area (Å²) in [6.45, 7) is 5.88. The Hall–Kier alpha value is -3.33. The number of hydrogen-bond acceptors (Lipinski definition) is 6. The van der Waals surface area contributed by atoms with E-state index < -0.39 is 11.8 Å². The number of rotatable bonds is 7. The Labute approximate surface area is 192 Å². The minimum atomic E-state index is -0.640. The van der Waals surface area contributed by atoms with Crippen molar-refractivity contribution in [2.75, 3.05) is 51.0 Å². The van der Waals surface area contributed by atoms with Crippen molar-refractivity contribution in [1.82, 2.24) is 15.5 Å². The zero-order chi connectivity index (χ0) is 23.2. The van der Waals surface area contributed by atoms with E-state index in [2.05, 4.69) is 20.4 Å². The third kappa shape index (κ3) is 5.54. The number of carbonyl (C=O) groups is 2. The molecule has 0 radical (unpaired) electrons. The lowest BCUT2D eigenvalue weighted by molar-refractivity contribution is -0.139. The second kappa shape index (κ2) is 10.5. The highest BCUT2D eigenvalue weighted by Gasteiger charge is 2.28. The van der Waals surface area contributed by atoms with E-state index in [1.807, 2.05) is 25.1 Å². The maximum atomic E-state index is 13.3. The smallest absolute Gasteiger partial charge is 0.309 e. The summed E-state index contributed by atoms with van der Waals surface area (Å²) < 4.78 is 24.2. The highest BCUT2D eigenvalue weighted by molar-refractivity contribution is 6.35. The fourth-order valence-corrected chi connectivity index (χ4v) is 4.11. The molecule has 2 heterocycles. The van der Waals surface area contributed by atoms with Gasteiger partial charge in [0.15, 0.2) is 11.5 Å². The summed E-state index contributed by atoms with van der Waals surface area (Å²) >= 11 is 0. The Bertz CT molecular complexity index is 977. The standard InChI is InChI=1S/C24H29FN4O4/c1-2-9-26-23(30)24(31)27-15-20(17-3-8-21-22(14-17)33-16-32-21)29-12-10-28(11-13-29)19-6-4-18(25)5-7-19/h3-8,14,20H,2,9-13,15-16H2,1H3,(H,26,30)(H,27,31)/t20-/m1/s1. The summed E-state index contributed by atoms with van der Waals surface area (Å²) in [5.74, 6) is -0.142. The first-order chi connectivity index (χ1) is 16.0. The lowest BCUT2D eigenvalue weighted by Crippen LogP contribution is -2.50. The number of amides is 2. The Kier molecular flexibility index (Phi) is 7.29. The van der Waals surface area contributed by atoms with Gasteiger partial charge in [0, 0.05) is 45.0 Å². The van der Waals surface area contributed by atoms with E-state index in [1.54, 1.807) is 12.1 Å². The van der Waals surface area contributed by atoms with Crippen molar-refractivity contribution in [2.45, 2.75) is 19.4 Å². The van der Waals surface area contributed by atoms with Crippen LogP contribution in [-0.2, 0) is 9.59 Å². The molecule has 1 fully saturated rings. The number of anilines is 1. The Morgan fingerprint density at radius 3 is 2.39 bits per heavy atom. The van der Waals surface area contributed by atoms with E-state index in [-0.39, 0.29) is 25.2 Å². The number of nitrogens with zero attached hydrogens (tertiary/aromatic N) is 2. The van der Waals surface area contributed by atoms with E-state index in [4.69, 9.17) is 9.47 Å². The molecule has 0 spiro atoms. The number of hydrogen-bond donors (Lipinski definition) is 2. The topological polar surface area (TPSA) is 83.1 Å². The van der Waals surface area contributed by atoms with Crippen molar-refractivity contribution < 1.29 is 23.5 Å². The average molecular weight is 457 g/mol. The molecule has 0 bridgehead atoms. The molecule has 1 saturated heterocycles. The van der Waals surface area contributed by atoms with Crippen LogP contribution in [0.15, 0.2) is 42.5 Å². The molecular formula is C24H29FN4O4. The van der Waals surface area contributed by atoms with E-state index in [0.717, 1.165) is 43.9 Å². The van der Waals surface area contributed by atoms with E-state index in [1.165, 1.54) is 12.1 Å². The largest absolute Gasteiger partial charge is 0.454 e. The van der Waals surface area contributed by atoms with Crippen LogP contribution >= 0.6 is 0 Å². The fourth-order valence-electron chi connectivity index (χ4n) is 4.11. The molecule has 0 aliphatic carbocycles. The van der Waals surface area contributed by atoms with Gasteiger partial charge in [0.25, 0.3) is 0 Å². The maximum absolute atomic E-state index is 13.3. The van der Waals surface area contributed by atoms with Crippen LogP contribution in [0.3, 0.4) is 0 Å². The minimum absolute atomic E-state index is 0.141. The molecule has 2 aliphatic heterocycles. The van der Waals surface area contributed by atoms with Crippen molar-refractivity contribution in [1.29, 1.82) is 0 Å². The van der Waals surface area contributed by atoms with Crippen molar-refractivity contribution in [3.63, 3.8) is 0 Å². The second-order valence-electron chi connectivity index (χ2n) is 8.09. The highest BCUT2D eigenvalue weighted by Crippen LogP contribution is 2.35. The van der Waals surface area contributed by atoms with E-state index in [0.29, 0.717) is 18.0 Å². The normalized spacial score (nSPS) is 16.4. The first-order valence-electron chi connectivity index (χ1n) is 11.3. The predicted molar refractivity (Wildman–Crippen MR) is 122 cm³/mol. The number of carbonyl (C=O) groups excluding carboxylic acids is 2. The Morgan fingerprint density at radius 2 is 1.67 bits per heavy atom. The predicted octanol–water partition coefficient (Wildman–Crippen LogP) is 2.06. The lowest BCUT2D eigenvalue weighted by Gasteiger charge is -2.40. The Morgan fingerprint density at radius 1 is 0.970 bits per heavy atom. The van der Waals surface area contributed by atoms with Crippen LogP contribution in [0.2, 0.25) is 0 Å². The van der Waals surface area contributed by atoms with Crippen LogP contribution in [0.25, 0.3) is 0 Å². The first-order valence-corrected chi connectivity index (χ1v) is 11.3. The summed E-state index contributed by atoms with van der Waals surface area (Å²) in [7, 11) is 0. The van der Waals surface area contributed by atoms with Crippen LogP contribution in [0.1, 0.15) is 24.9 Å². The van der Waals surface area contributed by atoms with E-state index in [9.17, 15) is 14.0 Å². The molecule has 9 heteroatoms. The van der Waals surface area contributed by atoms with E-state index >= 15 is 0 Å². The molecule has 2 amide bonds. The monoisotopic (exact) mass is 456 g/mol. The molecule has 33 heavy (non-hydrogen) atoms. The summed E-state index contributed by atoms with van der Waals surface area (Å²) in [5, 5.41) is 5.39. The average Bonchev–Trinajstić information content (AvgIpc) is 3.31. The molecule has 2 aliphatic rings. The SMILES string of the molecule is CCCNC(=O)C(=O)NC[C@H](c1ccc2c(c1)OCO2)N1CCN(c2ccc(F)cc2)CC1. The molecule has 0 saturated carbocycles. The van der Waals surface area contributed by atoms with Crippen molar-refractivity contribution in [2.24, 2.45) is 0 Å². The van der Waals surface area contributed by atoms with Gasteiger partial charge in [-0.05, 0) is 48.4 Å². The van der Waals surface area contributed by atoms with Crippen LogP contribution in [0.4, 0.5) is 10.1 Å². The van der Waals surface area contributed by atoms with Crippen LogP contribution in [0, 0.1) is 5.82 Å². The van der Waals surface area contributed by atoms with Gasteiger partial charge in [-0.2, -0.15) is 0 Å². The summed E-state index contributed by atoms with van der Waals surface area (Å²) in [6.07, 6.45) is 0.761.